The topological polar surface area (TPSA) is 82.6 Å². The number of benzene rings is 2. The molecule has 2 aromatic carbocycles. The zero-order chi connectivity index (χ0) is 18.5. The Kier molecular flexibility index (Phi) is 4.82. The largest absolute Gasteiger partial charge is 0.484 e. The zero-order valence-corrected chi connectivity index (χ0v) is 14.4. The first-order chi connectivity index (χ1) is 13.3. The van der Waals surface area contributed by atoms with Gasteiger partial charge in [-0.1, -0.05) is 30.3 Å². The molecule has 0 aliphatic carbocycles. The number of aromatic nitrogens is 2. The Morgan fingerprint density at radius 3 is 2.78 bits per heavy atom. The van der Waals surface area contributed by atoms with Crippen molar-refractivity contribution in [2.75, 3.05) is 13.4 Å². The molecule has 3 aromatic rings. The predicted octanol–water partition coefficient (Wildman–Crippen LogP) is 2.57. The van der Waals surface area contributed by atoms with Crippen LogP contribution in [-0.2, 0) is 11.3 Å². The number of fused-ring (bicyclic) bond motifs is 1. The van der Waals surface area contributed by atoms with Crippen LogP contribution in [0.4, 0.5) is 0 Å². The van der Waals surface area contributed by atoms with Gasteiger partial charge in [0.2, 0.25) is 6.79 Å². The van der Waals surface area contributed by atoms with Gasteiger partial charge in [0.15, 0.2) is 18.1 Å². The first-order valence-electron chi connectivity index (χ1n) is 8.43. The van der Waals surface area contributed by atoms with E-state index in [-0.39, 0.29) is 19.3 Å². The lowest BCUT2D eigenvalue weighted by molar-refractivity contribution is -0.123. The Labute approximate surface area is 155 Å². The normalized spacial score (nSPS) is 11.9. The van der Waals surface area contributed by atoms with E-state index in [1.165, 1.54) is 6.33 Å². The van der Waals surface area contributed by atoms with E-state index in [9.17, 15) is 4.79 Å². The summed E-state index contributed by atoms with van der Waals surface area (Å²) in [6, 6.07) is 16.8. The third-order valence-electron chi connectivity index (χ3n) is 3.97. The van der Waals surface area contributed by atoms with Crippen LogP contribution in [0.1, 0.15) is 5.69 Å². The van der Waals surface area contributed by atoms with Crippen molar-refractivity contribution < 1.29 is 19.0 Å². The molecule has 0 radical (unpaired) electrons. The van der Waals surface area contributed by atoms with Crippen LogP contribution in [0.15, 0.2) is 60.9 Å². The van der Waals surface area contributed by atoms with E-state index >= 15 is 0 Å². The molecule has 136 valence electrons. The van der Waals surface area contributed by atoms with Crippen molar-refractivity contribution >= 4 is 5.91 Å². The molecule has 0 saturated heterocycles. The molecule has 0 spiro atoms. The second-order valence-corrected chi connectivity index (χ2v) is 5.84. The molecule has 0 atom stereocenters. The van der Waals surface area contributed by atoms with Gasteiger partial charge in [0.1, 0.15) is 12.1 Å². The molecule has 1 aromatic heterocycles. The Hall–Kier alpha value is -3.61. The number of hydrogen-bond acceptors (Lipinski definition) is 6. The van der Waals surface area contributed by atoms with Crippen LogP contribution in [0.2, 0.25) is 0 Å². The average Bonchev–Trinajstić information content (AvgIpc) is 3.19. The lowest BCUT2D eigenvalue weighted by atomic mass is 10.1. The third-order valence-corrected chi connectivity index (χ3v) is 3.97. The van der Waals surface area contributed by atoms with E-state index in [0.29, 0.717) is 23.8 Å². The van der Waals surface area contributed by atoms with Crippen LogP contribution in [0.25, 0.3) is 11.3 Å². The molecule has 2 heterocycles. The number of hydrogen-bond donors (Lipinski definition) is 1. The van der Waals surface area contributed by atoms with Crippen LogP contribution in [0, 0.1) is 0 Å². The summed E-state index contributed by atoms with van der Waals surface area (Å²) in [7, 11) is 0. The highest BCUT2D eigenvalue weighted by atomic mass is 16.7. The summed E-state index contributed by atoms with van der Waals surface area (Å²) in [4.78, 5) is 20.5. The molecule has 1 aliphatic rings. The maximum Gasteiger partial charge on any atom is 0.258 e. The minimum Gasteiger partial charge on any atom is -0.484 e. The first-order valence-corrected chi connectivity index (χ1v) is 8.43. The summed E-state index contributed by atoms with van der Waals surface area (Å²) >= 11 is 0. The van der Waals surface area contributed by atoms with Crippen molar-refractivity contribution in [3.05, 3.63) is 66.6 Å². The molecule has 1 amide bonds. The molecule has 27 heavy (non-hydrogen) atoms. The summed E-state index contributed by atoms with van der Waals surface area (Å²) in [6.07, 6.45) is 1.49. The predicted molar refractivity (Wildman–Crippen MR) is 97.4 cm³/mol. The van der Waals surface area contributed by atoms with Gasteiger partial charge in [-0.15, -0.1) is 0 Å². The molecule has 1 aliphatic heterocycles. The Morgan fingerprint density at radius 1 is 1.04 bits per heavy atom. The van der Waals surface area contributed by atoms with Gasteiger partial charge in [-0.2, -0.15) is 0 Å². The van der Waals surface area contributed by atoms with Gasteiger partial charge in [-0.25, -0.2) is 9.97 Å². The minimum absolute atomic E-state index is 0.101. The van der Waals surface area contributed by atoms with Crippen LogP contribution >= 0.6 is 0 Å². The van der Waals surface area contributed by atoms with Gasteiger partial charge in [0, 0.05) is 11.6 Å². The van der Waals surface area contributed by atoms with Crippen LogP contribution in [0.3, 0.4) is 0 Å². The highest BCUT2D eigenvalue weighted by Crippen LogP contribution is 2.35. The van der Waals surface area contributed by atoms with E-state index in [4.69, 9.17) is 14.2 Å². The van der Waals surface area contributed by atoms with Gasteiger partial charge in [-0.3, -0.25) is 4.79 Å². The Balaban J connectivity index is 1.30. The molecule has 1 N–H and O–H groups in total. The summed E-state index contributed by atoms with van der Waals surface area (Å²) in [5.74, 6) is 1.59. The number of nitrogens with zero attached hydrogens (tertiary/aromatic N) is 2. The Bertz CT molecular complexity index is 947. The van der Waals surface area contributed by atoms with Crippen molar-refractivity contribution in [1.29, 1.82) is 0 Å². The molecule has 0 saturated carbocycles. The summed E-state index contributed by atoms with van der Waals surface area (Å²) in [5, 5.41) is 2.79. The molecule has 7 nitrogen and oxygen atoms in total. The zero-order valence-electron chi connectivity index (χ0n) is 14.4. The number of rotatable bonds is 6. The maximum absolute atomic E-state index is 12.0. The van der Waals surface area contributed by atoms with E-state index in [1.807, 2.05) is 36.4 Å². The molecule has 4 rings (SSSR count). The van der Waals surface area contributed by atoms with Gasteiger partial charge in [-0.05, 0) is 18.2 Å². The number of carbonyl (C=O) groups is 1. The van der Waals surface area contributed by atoms with Crippen LogP contribution < -0.4 is 19.5 Å². The third kappa shape index (κ3) is 4.14. The molecule has 0 bridgehead atoms. The van der Waals surface area contributed by atoms with Crippen LogP contribution in [0.5, 0.6) is 17.2 Å². The van der Waals surface area contributed by atoms with E-state index in [0.717, 1.165) is 17.0 Å². The second kappa shape index (κ2) is 7.74. The van der Waals surface area contributed by atoms with Gasteiger partial charge in [0.05, 0.1) is 17.9 Å². The van der Waals surface area contributed by atoms with E-state index in [1.54, 1.807) is 18.2 Å². The number of ether oxygens (including phenoxy) is 3. The van der Waals surface area contributed by atoms with E-state index < -0.39 is 0 Å². The van der Waals surface area contributed by atoms with Crippen molar-refractivity contribution in [3.8, 4) is 28.5 Å². The van der Waals surface area contributed by atoms with Crippen molar-refractivity contribution in [3.63, 3.8) is 0 Å². The fourth-order valence-corrected chi connectivity index (χ4v) is 2.62. The monoisotopic (exact) mass is 363 g/mol. The van der Waals surface area contributed by atoms with Crippen molar-refractivity contribution in [1.82, 2.24) is 15.3 Å². The average molecular weight is 363 g/mol. The number of nitrogens with one attached hydrogen (secondary N) is 1. The highest BCUT2D eigenvalue weighted by Gasteiger charge is 2.14. The standard InChI is InChI=1S/C20H17N3O4/c24-20(11-25-16-6-7-18-19(9-16)27-13-26-18)21-10-15-8-17(23-12-22-15)14-4-2-1-3-5-14/h1-9,12H,10-11,13H2,(H,21,24). The summed E-state index contributed by atoms with van der Waals surface area (Å²) < 4.78 is 16.0. The SMILES string of the molecule is O=C(COc1ccc2c(c1)OCO2)NCc1cc(-c2ccccc2)ncn1. The quantitative estimate of drug-likeness (QED) is 0.725. The summed E-state index contributed by atoms with van der Waals surface area (Å²) in [5.41, 5.74) is 2.53. The molecule has 7 heteroatoms. The molecule has 0 unspecified atom stereocenters. The van der Waals surface area contributed by atoms with Crippen LogP contribution in [-0.4, -0.2) is 29.3 Å². The lowest BCUT2D eigenvalue weighted by Crippen LogP contribution is -2.28. The molecular weight excluding hydrogens is 346 g/mol. The van der Waals surface area contributed by atoms with Gasteiger partial charge < -0.3 is 19.5 Å². The van der Waals surface area contributed by atoms with Crippen molar-refractivity contribution in [2.45, 2.75) is 6.54 Å². The lowest BCUT2D eigenvalue weighted by Gasteiger charge is -2.08. The fraction of sp³-hybridized carbons (Fsp3) is 0.150. The van der Waals surface area contributed by atoms with Gasteiger partial charge in [0.25, 0.3) is 5.91 Å². The van der Waals surface area contributed by atoms with Crippen molar-refractivity contribution in [2.24, 2.45) is 0 Å². The number of carbonyl (C=O) groups excluding carboxylic acids is 1. The number of amides is 1. The fourth-order valence-electron chi connectivity index (χ4n) is 2.62. The minimum atomic E-state index is -0.243. The highest BCUT2D eigenvalue weighted by molar-refractivity contribution is 5.77. The second-order valence-electron chi connectivity index (χ2n) is 5.84. The molecular formula is C20H17N3O4. The maximum atomic E-state index is 12.0. The van der Waals surface area contributed by atoms with Gasteiger partial charge >= 0.3 is 0 Å². The van der Waals surface area contributed by atoms with E-state index in [2.05, 4.69) is 15.3 Å². The Morgan fingerprint density at radius 2 is 1.89 bits per heavy atom. The first kappa shape index (κ1) is 16.8. The summed E-state index contributed by atoms with van der Waals surface area (Å²) in [6.45, 7) is 0.394. The molecule has 0 fully saturated rings. The smallest absolute Gasteiger partial charge is 0.258 e.